The van der Waals surface area contributed by atoms with Gasteiger partial charge in [-0.15, -0.1) is 0 Å². The fourth-order valence-corrected chi connectivity index (χ4v) is 2.29. The first-order valence-corrected chi connectivity index (χ1v) is 7.30. The van der Waals surface area contributed by atoms with Gasteiger partial charge >= 0.3 is 0 Å². The lowest BCUT2D eigenvalue weighted by Gasteiger charge is -2.08. The molecule has 110 valence electrons. The molecular weight excluding hydrogens is 309 g/mol. The summed E-state index contributed by atoms with van der Waals surface area (Å²) in [5, 5.41) is 3.93. The van der Waals surface area contributed by atoms with E-state index in [0.29, 0.717) is 28.8 Å². The third kappa shape index (κ3) is 4.38. The number of hydrogen-bond acceptors (Lipinski definition) is 2. The summed E-state index contributed by atoms with van der Waals surface area (Å²) in [5.74, 6) is 0.582. The van der Waals surface area contributed by atoms with Gasteiger partial charge in [-0.2, -0.15) is 0 Å². The summed E-state index contributed by atoms with van der Waals surface area (Å²) in [6.07, 6.45) is 0. The summed E-state index contributed by atoms with van der Waals surface area (Å²) in [5.41, 5.74) is 1.39. The predicted molar refractivity (Wildman–Crippen MR) is 85.2 cm³/mol. The first kappa shape index (κ1) is 15.7. The highest BCUT2D eigenvalue weighted by Crippen LogP contribution is 2.21. The van der Waals surface area contributed by atoms with E-state index in [1.807, 2.05) is 6.92 Å². The van der Waals surface area contributed by atoms with E-state index in [1.54, 1.807) is 42.5 Å². The fourth-order valence-electron chi connectivity index (χ4n) is 1.81. The van der Waals surface area contributed by atoms with Gasteiger partial charge in [0.25, 0.3) is 5.91 Å². The van der Waals surface area contributed by atoms with Gasteiger partial charge in [-0.25, -0.2) is 0 Å². The maximum atomic E-state index is 12.0. The number of nitrogens with one attached hydrogen (secondary N) is 1. The molecule has 0 spiro atoms. The topological polar surface area (TPSA) is 38.3 Å². The number of carbonyl (C=O) groups is 1. The van der Waals surface area contributed by atoms with Crippen LogP contribution in [0.3, 0.4) is 0 Å². The quantitative estimate of drug-likeness (QED) is 0.889. The van der Waals surface area contributed by atoms with Gasteiger partial charge in [-0.3, -0.25) is 4.79 Å². The first-order valence-electron chi connectivity index (χ1n) is 6.55. The fraction of sp³-hybridized carbons (Fsp3) is 0.188. The van der Waals surface area contributed by atoms with Crippen LogP contribution in [-0.2, 0) is 6.54 Å². The normalized spacial score (nSPS) is 10.2. The molecule has 0 heterocycles. The third-order valence-corrected chi connectivity index (χ3v) is 3.47. The van der Waals surface area contributed by atoms with E-state index in [1.165, 1.54) is 0 Å². The molecule has 0 unspecified atom stereocenters. The number of benzene rings is 2. The van der Waals surface area contributed by atoms with E-state index in [0.717, 1.165) is 11.3 Å². The Morgan fingerprint density at radius 1 is 1.14 bits per heavy atom. The molecule has 3 nitrogen and oxygen atoms in total. The molecule has 0 bridgehead atoms. The molecule has 0 aliphatic rings. The second kappa shape index (κ2) is 7.34. The van der Waals surface area contributed by atoms with E-state index in [-0.39, 0.29) is 5.91 Å². The van der Waals surface area contributed by atoms with Crippen molar-refractivity contribution in [1.82, 2.24) is 5.32 Å². The number of carbonyl (C=O) groups excluding carboxylic acids is 1. The Kier molecular flexibility index (Phi) is 5.48. The molecule has 0 saturated carbocycles. The zero-order chi connectivity index (χ0) is 15.2. The maximum absolute atomic E-state index is 12.0. The Labute approximate surface area is 133 Å². The summed E-state index contributed by atoms with van der Waals surface area (Å²) in [6, 6.07) is 12.2. The lowest BCUT2D eigenvalue weighted by atomic mass is 10.2. The highest BCUT2D eigenvalue weighted by Gasteiger charge is 2.07. The van der Waals surface area contributed by atoms with Crippen molar-refractivity contribution in [3.63, 3.8) is 0 Å². The molecule has 2 rings (SSSR count). The molecule has 0 radical (unpaired) electrons. The van der Waals surface area contributed by atoms with Gasteiger partial charge in [0.05, 0.1) is 6.61 Å². The Bertz CT molecular complexity index is 627. The van der Waals surface area contributed by atoms with E-state index in [9.17, 15) is 4.79 Å². The van der Waals surface area contributed by atoms with Crippen LogP contribution in [0.2, 0.25) is 10.0 Å². The van der Waals surface area contributed by atoms with Crippen molar-refractivity contribution in [1.29, 1.82) is 0 Å². The summed E-state index contributed by atoms with van der Waals surface area (Å²) in [4.78, 5) is 12.0. The monoisotopic (exact) mass is 323 g/mol. The zero-order valence-corrected chi connectivity index (χ0v) is 13.0. The van der Waals surface area contributed by atoms with Crippen molar-refractivity contribution in [2.75, 3.05) is 6.61 Å². The molecule has 0 atom stereocenters. The lowest BCUT2D eigenvalue weighted by Crippen LogP contribution is -2.22. The number of ether oxygens (including phenoxy) is 1. The summed E-state index contributed by atoms with van der Waals surface area (Å²) < 4.78 is 5.34. The molecule has 0 aliphatic carbocycles. The van der Waals surface area contributed by atoms with Crippen LogP contribution in [-0.4, -0.2) is 12.5 Å². The number of halogens is 2. The van der Waals surface area contributed by atoms with E-state index in [2.05, 4.69) is 5.32 Å². The van der Waals surface area contributed by atoms with Gasteiger partial charge in [0.2, 0.25) is 0 Å². The summed E-state index contributed by atoms with van der Waals surface area (Å²) in [6.45, 7) is 2.86. The van der Waals surface area contributed by atoms with Crippen molar-refractivity contribution < 1.29 is 9.53 Å². The minimum absolute atomic E-state index is 0.163. The predicted octanol–water partition coefficient (Wildman–Crippen LogP) is 4.32. The standard InChI is InChI=1S/C16H15Cl2NO2/c1-2-21-14-7-4-11(5-8-14)16(20)19-10-12-3-6-13(17)9-15(12)18/h3-9H,2,10H2,1H3,(H,19,20). The van der Waals surface area contributed by atoms with Crippen LogP contribution in [0, 0.1) is 0 Å². The smallest absolute Gasteiger partial charge is 0.251 e. The van der Waals surface area contributed by atoms with Crippen LogP contribution in [0.5, 0.6) is 5.75 Å². The Morgan fingerprint density at radius 2 is 1.86 bits per heavy atom. The maximum Gasteiger partial charge on any atom is 0.251 e. The first-order chi connectivity index (χ1) is 10.1. The molecule has 2 aromatic carbocycles. The SMILES string of the molecule is CCOc1ccc(C(=O)NCc2ccc(Cl)cc2Cl)cc1. The van der Waals surface area contributed by atoms with Crippen LogP contribution < -0.4 is 10.1 Å². The second-order valence-electron chi connectivity index (χ2n) is 4.38. The molecule has 5 heteroatoms. The van der Waals surface area contributed by atoms with Crippen LogP contribution in [0.1, 0.15) is 22.8 Å². The second-order valence-corrected chi connectivity index (χ2v) is 5.22. The Hall–Kier alpha value is -1.71. The van der Waals surface area contributed by atoms with Gasteiger partial charge in [0, 0.05) is 22.2 Å². The molecule has 1 amide bonds. The minimum Gasteiger partial charge on any atom is -0.494 e. The number of rotatable bonds is 5. The molecule has 0 aromatic heterocycles. The van der Waals surface area contributed by atoms with Gasteiger partial charge in [-0.05, 0) is 48.9 Å². The largest absolute Gasteiger partial charge is 0.494 e. The third-order valence-electron chi connectivity index (χ3n) is 2.88. The van der Waals surface area contributed by atoms with Crippen molar-refractivity contribution in [3.05, 3.63) is 63.6 Å². The van der Waals surface area contributed by atoms with Gasteiger partial charge in [-0.1, -0.05) is 29.3 Å². The molecule has 0 fully saturated rings. The van der Waals surface area contributed by atoms with Crippen LogP contribution in [0.4, 0.5) is 0 Å². The summed E-state index contributed by atoms with van der Waals surface area (Å²) in [7, 11) is 0. The molecule has 2 aromatic rings. The lowest BCUT2D eigenvalue weighted by molar-refractivity contribution is 0.0951. The van der Waals surface area contributed by atoms with Gasteiger partial charge in [0.15, 0.2) is 0 Å². The Morgan fingerprint density at radius 3 is 2.48 bits per heavy atom. The highest BCUT2D eigenvalue weighted by atomic mass is 35.5. The molecule has 1 N–H and O–H groups in total. The minimum atomic E-state index is -0.163. The van der Waals surface area contributed by atoms with Gasteiger partial charge in [0.1, 0.15) is 5.75 Å². The van der Waals surface area contributed by atoms with E-state index >= 15 is 0 Å². The van der Waals surface area contributed by atoms with Crippen molar-refractivity contribution in [2.24, 2.45) is 0 Å². The van der Waals surface area contributed by atoms with Gasteiger partial charge < -0.3 is 10.1 Å². The van der Waals surface area contributed by atoms with Crippen molar-refractivity contribution in [2.45, 2.75) is 13.5 Å². The summed E-state index contributed by atoms with van der Waals surface area (Å²) >= 11 is 11.9. The average molecular weight is 324 g/mol. The highest BCUT2D eigenvalue weighted by molar-refractivity contribution is 6.35. The molecular formula is C16H15Cl2NO2. The number of amides is 1. The average Bonchev–Trinajstić information content (AvgIpc) is 2.47. The molecule has 0 aliphatic heterocycles. The zero-order valence-electron chi connectivity index (χ0n) is 11.5. The van der Waals surface area contributed by atoms with Crippen molar-refractivity contribution in [3.8, 4) is 5.75 Å². The van der Waals surface area contributed by atoms with Crippen LogP contribution in [0.25, 0.3) is 0 Å². The Balaban J connectivity index is 1.98. The van der Waals surface area contributed by atoms with Crippen LogP contribution in [0.15, 0.2) is 42.5 Å². The number of hydrogen-bond donors (Lipinski definition) is 1. The van der Waals surface area contributed by atoms with Crippen molar-refractivity contribution >= 4 is 29.1 Å². The van der Waals surface area contributed by atoms with E-state index in [4.69, 9.17) is 27.9 Å². The molecule has 0 saturated heterocycles. The van der Waals surface area contributed by atoms with E-state index < -0.39 is 0 Å². The van der Waals surface area contributed by atoms with Crippen LogP contribution >= 0.6 is 23.2 Å². The molecule has 21 heavy (non-hydrogen) atoms.